The molecule has 0 spiro atoms. The van der Waals surface area contributed by atoms with Crippen molar-refractivity contribution in [2.45, 2.75) is 26.2 Å². The van der Waals surface area contributed by atoms with Crippen molar-refractivity contribution >= 4 is 29.0 Å². The van der Waals surface area contributed by atoms with Crippen molar-refractivity contribution in [2.24, 2.45) is 0 Å². The van der Waals surface area contributed by atoms with Crippen LogP contribution in [0.15, 0.2) is 73.1 Å². The van der Waals surface area contributed by atoms with Crippen molar-refractivity contribution in [1.29, 1.82) is 0 Å². The zero-order valence-electron chi connectivity index (χ0n) is 21.8. The number of halogens is 6. The second-order valence-corrected chi connectivity index (χ2v) is 9.08. The molecule has 0 aliphatic rings. The first-order valence-electron chi connectivity index (χ1n) is 12.1. The van der Waals surface area contributed by atoms with Crippen LogP contribution in [0, 0.1) is 0 Å². The highest BCUT2D eigenvalue weighted by Gasteiger charge is 2.33. The average Bonchev–Trinajstić information content (AvgIpc) is 2.90. The summed E-state index contributed by atoms with van der Waals surface area (Å²) in [6.45, 7) is 2.23. The van der Waals surface area contributed by atoms with Gasteiger partial charge in [0.25, 0.3) is 0 Å². The maximum Gasteiger partial charge on any atom is 0.416 e. The monoisotopic (exact) mass is 586 g/mol. The zero-order chi connectivity index (χ0) is 30.8. The van der Waals surface area contributed by atoms with E-state index in [1.165, 1.54) is 48.8 Å². The minimum Gasteiger partial charge on any atom is -0.326 e. The third-order valence-corrected chi connectivity index (χ3v) is 5.81. The summed E-state index contributed by atoms with van der Waals surface area (Å²) in [5.41, 5.74) is -3.56. The molecule has 13 heteroatoms. The molecule has 7 nitrogen and oxygen atoms in total. The van der Waals surface area contributed by atoms with E-state index in [0.29, 0.717) is 0 Å². The van der Waals surface area contributed by atoms with Gasteiger partial charge >= 0.3 is 12.4 Å². The third kappa shape index (κ3) is 6.79. The van der Waals surface area contributed by atoms with E-state index >= 15 is 0 Å². The highest BCUT2D eigenvalue weighted by molar-refractivity contribution is 6.15. The second kappa shape index (κ2) is 11.4. The number of alkyl halides is 6. The lowest BCUT2D eigenvalue weighted by molar-refractivity contribution is -0.138. The number of aromatic nitrogens is 2. The Balaban J connectivity index is 1.89. The Morgan fingerprint density at radius 1 is 0.619 bits per heavy atom. The molecule has 2 heterocycles. The highest BCUT2D eigenvalue weighted by atomic mass is 19.4. The summed E-state index contributed by atoms with van der Waals surface area (Å²) in [7, 11) is 0. The van der Waals surface area contributed by atoms with Crippen molar-refractivity contribution in [2.75, 3.05) is 10.6 Å². The lowest BCUT2D eigenvalue weighted by Gasteiger charge is -2.16. The number of benzene rings is 2. The predicted molar refractivity (Wildman–Crippen MR) is 141 cm³/mol. The van der Waals surface area contributed by atoms with Gasteiger partial charge in [-0.25, -0.2) is 0 Å². The van der Waals surface area contributed by atoms with Crippen LogP contribution in [0.3, 0.4) is 0 Å². The first kappa shape index (κ1) is 29.9. The lowest BCUT2D eigenvalue weighted by atomic mass is 9.93. The smallest absolute Gasteiger partial charge is 0.326 e. The van der Waals surface area contributed by atoms with Gasteiger partial charge in [-0.2, -0.15) is 26.3 Å². The van der Waals surface area contributed by atoms with Gasteiger partial charge in [0.1, 0.15) is 0 Å². The highest BCUT2D eigenvalue weighted by Crippen LogP contribution is 2.38. The molecule has 0 fully saturated rings. The van der Waals surface area contributed by atoms with Gasteiger partial charge in [-0.3, -0.25) is 24.4 Å². The zero-order valence-corrected chi connectivity index (χ0v) is 21.8. The summed E-state index contributed by atoms with van der Waals surface area (Å²) in [5, 5.41) is 4.58. The molecule has 0 radical (unpaired) electrons. The molecular weight excluding hydrogens is 566 g/mol. The molecule has 0 unspecified atom stereocenters. The Labute approximate surface area is 234 Å². The van der Waals surface area contributed by atoms with Crippen LogP contribution in [-0.4, -0.2) is 27.6 Å². The quantitative estimate of drug-likeness (QED) is 0.187. The summed E-state index contributed by atoms with van der Waals surface area (Å²) in [6, 6.07) is 10.8. The van der Waals surface area contributed by atoms with E-state index in [2.05, 4.69) is 20.6 Å². The van der Waals surface area contributed by atoms with Crippen molar-refractivity contribution < 1.29 is 40.7 Å². The summed E-state index contributed by atoms with van der Waals surface area (Å²) in [6.07, 6.45) is -7.09. The number of amides is 2. The molecule has 0 aliphatic carbocycles. The van der Waals surface area contributed by atoms with Crippen LogP contribution in [0.4, 0.5) is 37.7 Å². The number of carbonyl (C=O) groups is 3. The first-order chi connectivity index (χ1) is 19.6. The number of ketones is 1. The van der Waals surface area contributed by atoms with E-state index in [-0.39, 0.29) is 45.0 Å². The number of pyridine rings is 2. The molecule has 216 valence electrons. The summed E-state index contributed by atoms with van der Waals surface area (Å²) in [4.78, 5) is 45.2. The normalized spacial score (nSPS) is 11.6. The molecule has 2 amide bonds. The van der Waals surface area contributed by atoms with Gasteiger partial charge in [-0.05, 0) is 60.7 Å². The van der Waals surface area contributed by atoms with Crippen LogP contribution in [0.25, 0.3) is 22.5 Å². The lowest BCUT2D eigenvalue weighted by Crippen LogP contribution is -2.12. The Bertz CT molecular complexity index is 1580. The van der Waals surface area contributed by atoms with Gasteiger partial charge in [0, 0.05) is 59.9 Å². The largest absolute Gasteiger partial charge is 0.416 e. The minimum absolute atomic E-state index is 0.144. The number of rotatable bonds is 6. The number of anilines is 2. The number of nitrogens with zero attached hydrogens (tertiary/aromatic N) is 2. The van der Waals surface area contributed by atoms with Gasteiger partial charge in [-0.15, -0.1) is 0 Å². The van der Waals surface area contributed by atoms with Crippen LogP contribution >= 0.6 is 0 Å². The molecule has 0 aliphatic heterocycles. The summed E-state index contributed by atoms with van der Waals surface area (Å²) in [5.74, 6) is -2.05. The van der Waals surface area contributed by atoms with E-state index in [4.69, 9.17) is 0 Å². The molecular formula is C29H20F6N4O3. The van der Waals surface area contributed by atoms with Crippen LogP contribution in [0.2, 0.25) is 0 Å². The van der Waals surface area contributed by atoms with Gasteiger partial charge in [0.05, 0.1) is 22.5 Å². The van der Waals surface area contributed by atoms with Gasteiger partial charge in [0.2, 0.25) is 11.8 Å². The van der Waals surface area contributed by atoms with E-state index in [1.54, 1.807) is 0 Å². The van der Waals surface area contributed by atoms with Crippen LogP contribution in [0.5, 0.6) is 0 Å². The number of nitrogens with one attached hydrogen (secondary N) is 2. The third-order valence-electron chi connectivity index (χ3n) is 5.81. The van der Waals surface area contributed by atoms with E-state index in [9.17, 15) is 40.7 Å². The molecule has 4 rings (SSSR count). The molecule has 0 atom stereocenters. The molecule has 0 bridgehead atoms. The topological polar surface area (TPSA) is 101 Å². The predicted octanol–water partition coefficient (Wildman–Crippen LogP) is 7.00. The minimum atomic E-state index is -4.80. The molecule has 2 aromatic carbocycles. The Hall–Kier alpha value is -5.07. The van der Waals surface area contributed by atoms with Gasteiger partial charge < -0.3 is 10.6 Å². The molecule has 2 aromatic heterocycles. The van der Waals surface area contributed by atoms with Gasteiger partial charge in [0.15, 0.2) is 5.78 Å². The fraction of sp³-hybridized carbons (Fsp3) is 0.138. The standard InChI is InChI=1S/C29H20F6N4O3/c1-15(40)38-21-11-17(9-19(13-21)28(30,31)32)25-23(5-3-7-36-25)27(42)24-6-4-8-37-26(24)18-10-20(29(33,34)35)14-22(12-18)39-16(2)41/h3-14H,1-2H3,(H,38,40)(H,39,41). The Kier molecular flexibility index (Phi) is 8.14. The maximum absolute atomic E-state index is 13.9. The summed E-state index contributed by atoms with van der Waals surface area (Å²) < 4.78 is 82.1. The fourth-order valence-electron chi connectivity index (χ4n) is 4.19. The van der Waals surface area contributed by atoms with Crippen molar-refractivity contribution in [1.82, 2.24) is 9.97 Å². The van der Waals surface area contributed by atoms with Crippen molar-refractivity contribution in [3.63, 3.8) is 0 Å². The molecule has 2 N–H and O–H groups in total. The van der Waals surface area contributed by atoms with Crippen LogP contribution in [-0.2, 0) is 21.9 Å². The number of hydrogen-bond donors (Lipinski definition) is 2. The SMILES string of the molecule is CC(=O)Nc1cc(-c2ncccc2C(=O)c2cccnc2-c2cc(NC(C)=O)cc(C(F)(F)F)c2)cc(C(F)(F)F)c1. The maximum atomic E-state index is 13.9. The average molecular weight is 586 g/mol. The fourth-order valence-corrected chi connectivity index (χ4v) is 4.19. The van der Waals surface area contributed by atoms with Crippen LogP contribution in [0.1, 0.15) is 40.9 Å². The van der Waals surface area contributed by atoms with E-state index in [1.807, 2.05) is 0 Å². The molecule has 0 saturated carbocycles. The molecule has 0 saturated heterocycles. The van der Waals surface area contributed by atoms with Crippen molar-refractivity contribution in [3.05, 3.63) is 95.3 Å². The number of hydrogen-bond acceptors (Lipinski definition) is 5. The van der Waals surface area contributed by atoms with Crippen molar-refractivity contribution in [3.8, 4) is 22.5 Å². The first-order valence-corrected chi connectivity index (χ1v) is 12.1. The number of carbonyl (C=O) groups excluding carboxylic acids is 3. The Morgan fingerprint density at radius 3 is 1.33 bits per heavy atom. The van der Waals surface area contributed by atoms with E-state index < -0.39 is 41.1 Å². The molecule has 4 aromatic rings. The van der Waals surface area contributed by atoms with Gasteiger partial charge in [-0.1, -0.05) is 0 Å². The Morgan fingerprint density at radius 2 is 1.00 bits per heavy atom. The molecule has 42 heavy (non-hydrogen) atoms. The second-order valence-electron chi connectivity index (χ2n) is 9.08. The van der Waals surface area contributed by atoms with E-state index in [0.717, 1.165) is 38.1 Å². The van der Waals surface area contributed by atoms with Crippen LogP contribution < -0.4 is 10.6 Å². The summed E-state index contributed by atoms with van der Waals surface area (Å²) >= 11 is 0.